The summed E-state index contributed by atoms with van der Waals surface area (Å²) in [7, 11) is 0. The number of carboxylic acids is 1. The van der Waals surface area contributed by atoms with Gasteiger partial charge >= 0.3 is 5.97 Å². The minimum absolute atomic E-state index is 0.296. The number of aryl methyl sites for hydroxylation is 1. The number of carbonyl (C=O) groups is 1. The standard InChI is InChI=1S/C14H14FN3O2/c15-10-4-1-3-9(7-10)8-12-16-13-11(14(19)20)5-2-6-18(13)17-12/h1,3-4,7,11H,2,5-6,8H2,(H,19,20). The summed E-state index contributed by atoms with van der Waals surface area (Å²) in [6.07, 6.45) is 1.78. The monoisotopic (exact) mass is 275 g/mol. The minimum Gasteiger partial charge on any atom is -0.481 e. The number of halogens is 1. The summed E-state index contributed by atoms with van der Waals surface area (Å²) < 4.78 is 14.8. The predicted molar refractivity (Wildman–Crippen MR) is 68.8 cm³/mol. The van der Waals surface area contributed by atoms with Crippen LogP contribution < -0.4 is 0 Å². The fourth-order valence-corrected chi connectivity index (χ4v) is 2.54. The molecule has 2 aromatic rings. The number of fused-ring (bicyclic) bond motifs is 1. The Labute approximate surface area is 115 Å². The van der Waals surface area contributed by atoms with Gasteiger partial charge in [0, 0.05) is 13.0 Å². The average molecular weight is 275 g/mol. The van der Waals surface area contributed by atoms with Gasteiger partial charge in [-0.15, -0.1) is 0 Å². The van der Waals surface area contributed by atoms with Crippen LogP contribution in [0.2, 0.25) is 0 Å². The van der Waals surface area contributed by atoms with Crippen LogP contribution in [-0.4, -0.2) is 25.8 Å². The maximum Gasteiger partial charge on any atom is 0.314 e. The first-order valence-corrected chi connectivity index (χ1v) is 6.54. The third-order valence-electron chi connectivity index (χ3n) is 3.47. The molecule has 0 spiro atoms. The second-order valence-corrected chi connectivity index (χ2v) is 4.95. The van der Waals surface area contributed by atoms with E-state index in [2.05, 4.69) is 10.1 Å². The van der Waals surface area contributed by atoms with E-state index in [4.69, 9.17) is 0 Å². The Kier molecular flexibility index (Phi) is 3.22. The van der Waals surface area contributed by atoms with Crippen LogP contribution in [0.1, 0.15) is 36.0 Å². The van der Waals surface area contributed by atoms with Crippen LogP contribution >= 0.6 is 0 Å². The fourth-order valence-electron chi connectivity index (χ4n) is 2.54. The summed E-state index contributed by atoms with van der Waals surface area (Å²) in [5, 5.41) is 13.5. The number of rotatable bonds is 3. The molecule has 0 fully saturated rings. The van der Waals surface area contributed by atoms with Crippen LogP contribution in [0.4, 0.5) is 4.39 Å². The highest BCUT2D eigenvalue weighted by atomic mass is 19.1. The van der Waals surface area contributed by atoms with Crippen LogP contribution in [0.15, 0.2) is 24.3 Å². The summed E-state index contributed by atoms with van der Waals surface area (Å²) in [6, 6.07) is 6.27. The molecule has 0 aliphatic carbocycles. The van der Waals surface area contributed by atoms with E-state index in [1.54, 1.807) is 16.8 Å². The lowest BCUT2D eigenvalue weighted by Crippen LogP contribution is -2.22. The van der Waals surface area contributed by atoms with Crippen LogP contribution in [0.25, 0.3) is 0 Å². The molecule has 1 unspecified atom stereocenters. The Bertz CT molecular complexity index is 654. The third kappa shape index (κ3) is 2.41. The molecular formula is C14H14FN3O2. The number of carboxylic acid groups (broad SMARTS) is 1. The van der Waals surface area contributed by atoms with Crippen molar-refractivity contribution in [3.05, 3.63) is 47.3 Å². The molecule has 0 saturated carbocycles. The Hall–Kier alpha value is -2.24. The predicted octanol–water partition coefficient (Wildman–Crippen LogP) is 1.97. The average Bonchev–Trinajstić information content (AvgIpc) is 2.80. The first-order chi connectivity index (χ1) is 9.63. The molecule has 20 heavy (non-hydrogen) atoms. The van der Waals surface area contributed by atoms with Crippen molar-refractivity contribution in [1.82, 2.24) is 14.8 Å². The molecule has 0 saturated heterocycles. The molecule has 5 nitrogen and oxygen atoms in total. The van der Waals surface area contributed by atoms with Gasteiger partial charge in [-0.25, -0.2) is 14.1 Å². The van der Waals surface area contributed by atoms with E-state index in [1.807, 2.05) is 0 Å². The zero-order chi connectivity index (χ0) is 14.1. The molecule has 1 aliphatic heterocycles. The van der Waals surface area contributed by atoms with E-state index >= 15 is 0 Å². The van der Waals surface area contributed by atoms with Crippen LogP contribution in [0, 0.1) is 5.82 Å². The minimum atomic E-state index is -0.865. The van der Waals surface area contributed by atoms with Crippen molar-refractivity contribution in [2.45, 2.75) is 31.7 Å². The Balaban J connectivity index is 1.87. The van der Waals surface area contributed by atoms with Gasteiger partial charge in [0.15, 0.2) is 5.82 Å². The zero-order valence-electron chi connectivity index (χ0n) is 10.8. The highest BCUT2D eigenvalue weighted by Crippen LogP contribution is 2.26. The Morgan fingerprint density at radius 3 is 3.10 bits per heavy atom. The summed E-state index contributed by atoms with van der Waals surface area (Å²) in [5.74, 6) is -0.697. The third-order valence-corrected chi connectivity index (χ3v) is 3.47. The van der Waals surface area contributed by atoms with Gasteiger partial charge in [-0.1, -0.05) is 12.1 Å². The number of hydrogen-bond donors (Lipinski definition) is 1. The summed E-state index contributed by atoms with van der Waals surface area (Å²) in [5.41, 5.74) is 0.778. The van der Waals surface area contributed by atoms with E-state index < -0.39 is 11.9 Å². The molecule has 2 heterocycles. The van der Waals surface area contributed by atoms with Crippen molar-refractivity contribution in [3.63, 3.8) is 0 Å². The molecule has 1 aliphatic rings. The number of aromatic nitrogens is 3. The molecule has 0 radical (unpaired) electrons. The topological polar surface area (TPSA) is 68.0 Å². The van der Waals surface area contributed by atoms with Crippen molar-refractivity contribution < 1.29 is 14.3 Å². The maximum atomic E-state index is 13.1. The van der Waals surface area contributed by atoms with Crippen LogP contribution in [0.5, 0.6) is 0 Å². The zero-order valence-corrected chi connectivity index (χ0v) is 10.8. The lowest BCUT2D eigenvalue weighted by atomic mass is 10.00. The van der Waals surface area contributed by atoms with Crippen LogP contribution in [0.3, 0.4) is 0 Å². The Morgan fingerprint density at radius 1 is 1.50 bits per heavy atom. The van der Waals surface area contributed by atoms with Gasteiger partial charge in [-0.05, 0) is 30.5 Å². The number of nitrogens with zero attached hydrogens (tertiary/aromatic N) is 3. The molecule has 1 aromatic carbocycles. The normalized spacial score (nSPS) is 17.8. The van der Waals surface area contributed by atoms with Crippen LogP contribution in [-0.2, 0) is 17.8 Å². The highest BCUT2D eigenvalue weighted by Gasteiger charge is 2.29. The SMILES string of the molecule is O=C(O)C1CCCn2nc(Cc3cccc(F)c3)nc21. The summed E-state index contributed by atoms with van der Waals surface area (Å²) in [6.45, 7) is 0.690. The second-order valence-electron chi connectivity index (χ2n) is 4.95. The molecule has 104 valence electrons. The van der Waals surface area contributed by atoms with E-state index in [-0.39, 0.29) is 5.82 Å². The molecule has 1 N–H and O–H groups in total. The van der Waals surface area contributed by atoms with Gasteiger partial charge in [-0.3, -0.25) is 4.79 Å². The van der Waals surface area contributed by atoms with Gasteiger partial charge in [0.2, 0.25) is 0 Å². The molecule has 1 atom stereocenters. The first-order valence-electron chi connectivity index (χ1n) is 6.54. The lowest BCUT2D eigenvalue weighted by Gasteiger charge is -2.17. The molecule has 0 bridgehead atoms. The molecule has 6 heteroatoms. The van der Waals surface area contributed by atoms with Gasteiger partial charge in [-0.2, -0.15) is 5.10 Å². The quantitative estimate of drug-likeness (QED) is 0.930. The van der Waals surface area contributed by atoms with E-state index in [1.165, 1.54) is 12.1 Å². The van der Waals surface area contributed by atoms with Crippen molar-refractivity contribution >= 4 is 5.97 Å². The highest BCUT2D eigenvalue weighted by molar-refractivity contribution is 5.75. The van der Waals surface area contributed by atoms with Crippen molar-refractivity contribution in [3.8, 4) is 0 Å². The largest absolute Gasteiger partial charge is 0.481 e. The van der Waals surface area contributed by atoms with E-state index in [9.17, 15) is 14.3 Å². The fraction of sp³-hybridized carbons (Fsp3) is 0.357. The smallest absolute Gasteiger partial charge is 0.314 e. The van der Waals surface area contributed by atoms with Crippen molar-refractivity contribution in [1.29, 1.82) is 0 Å². The van der Waals surface area contributed by atoms with Crippen molar-refractivity contribution in [2.24, 2.45) is 0 Å². The van der Waals surface area contributed by atoms with Gasteiger partial charge in [0.1, 0.15) is 17.6 Å². The second kappa shape index (κ2) is 5.03. The van der Waals surface area contributed by atoms with E-state index in [0.717, 1.165) is 12.0 Å². The first kappa shape index (κ1) is 12.8. The summed E-state index contributed by atoms with van der Waals surface area (Å²) in [4.78, 5) is 15.5. The maximum absolute atomic E-state index is 13.1. The number of aliphatic carboxylic acids is 1. The molecule has 1 aromatic heterocycles. The van der Waals surface area contributed by atoms with Gasteiger partial charge in [0.25, 0.3) is 0 Å². The molecular weight excluding hydrogens is 261 g/mol. The van der Waals surface area contributed by atoms with Gasteiger partial charge in [0.05, 0.1) is 0 Å². The lowest BCUT2D eigenvalue weighted by molar-refractivity contribution is -0.139. The summed E-state index contributed by atoms with van der Waals surface area (Å²) >= 11 is 0. The Morgan fingerprint density at radius 2 is 2.35 bits per heavy atom. The number of benzene rings is 1. The number of hydrogen-bond acceptors (Lipinski definition) is 3. The molecule has 3 rings (SSSR count). The van der Waals surface area contributed by atoms with Gasteiger partial charge < -0.3 is 5.11 Å². The molecule has 0 amide bonds. The van der Waals surface area contributed by atoms with E-state index in [0.29, 0.717) is 31.0 Å². The van der Waals surface area contributed by atoms with Crippen molar-refractivity contribution in [2.75, 3.05) is 0 Å².